The van der Waals surface area contributed by atoms with Gasteiger partial charge in [-0.05, 0) is 74.7 Å². The number of benzene rings is 6. The number of fused-ring (bicyclic) bond motifs is 13. The van der Waals surface area contributed by atoms with Gasteiger partial charge in [-0.15, -0.1) is 0 Å². The van der Waals surface area contributed by atoms with Gasteiger partial charge in [0.25, 0.3) is 0 Å². The zero-order chi connectivity index (χ0) is 30.8. The van der Waals surface area contributed by atoms with Crippen LogP contribution in [0.25, 0.3) is 44.7 Å². The second kappa shape index (κ2) is 8.74. The van der Waals surface area contributed by atoms with Crippen molar-refractivity contribution in [3.05, 3.63) is 178 Å². The summed E-state index contributed by atoms with van der Waals surface area (Å²) in [6, 6.07) is 46.7. The zero-order valence-corrected chi connectivity index (χ0v) is 25.5. The van der Waals surface area contributed by atoms with Gasteiger partial charge in [-0.1, -0.05) is 128 Å². The molecule has 0 saturated heterocycles. The molecule has 2 heterocycles. The molecule has 2 unspecified atom stereocenters. The van der Waals surface area contributed by atoms with Gasteiger partial charge in [0.2, 0.25) is 0 Å². The topological polar surface area (TPSA) is 54.8 Å². The number of nitrogens with zero attached hydrogens (tertiary/aromatic N) is 1. The summed E-state index contributed by atoms with van der Waals surface area (Å²) < 4.78 is 2.47. The Bertz CT molecular complexity index is 2510. The molecule has 218 valence electrons. The van der Waals surface area contributed by atoms with Crippen LogP contribution in [0.3, 0.4) is 0 Å². The molecular formula is C43H31N3. The molecule has 6 aromatic carbocycles. The van der Waals surface area contributed by atoms with Gasteiger partial charge < -0.3 is 10.3 Å². The van der Waals surface area contributed by atoms with E-state index in [1.165, 1.54) is 72.0 Å². The van der Waals surface area contributed by atoms with Crippen LogP contribution in [0.4, 0.5) is 0 Å². The van der Waals surface area contributed by atoms with Crippen LogP contribution in [0.2, 0.25) is 0 Å². The summed E-state index contributed by atoms with van der Waals surface area (Å²) in [4.78, 5) is 0. The fraction of sp³-hybridized carbons (Fsp3) is 0.0930. The summed E-state index contributed by atoms with van der Waals surface area (Å²) in [5.74, 6) is 0.0966. The Balaban J connectivity index is 1.34. The molecule has 3 nitrogen and oxygen atoms in total. The second-order valence-electron chi connectivity index (χ2n) is 13.4. The molecular weight excluding hydrogens is 558 g/mol. The van der Waals surface area contributed by atoms with Crippen molar-refractivity contribution in [3.8, 4) is 16.8 Å². The van der Waals surface area contributed by atoms with E-state index in [4.69, 9.17) is 11.1 Å². The Hall–Kier alpha value is -5.67. The number of aromatic nitrogens is 1. The van der Waals surface area contributed by atoms with Gasteiger partial charge in [0.15, 0.2) is 0 Å². The number of hydrogen-bond acceptors (Lipinski definition) is 1. The average Bonchev–Trinajstić information content (AvgIpc) is 3.58. The molecule has 10 rings (SSSR count). The smallest absolute Gasteiger partial charge is 0.123 e. The lowest BCUT2D eigenvalue weighted by Gasteiger charge is -2.40. The highest BCUT2D eigenvalue weighted by molar-refractivity contribution is 6.13. The lowest BCUT2D eigenvalue weighted by Crippen LogP contribution is -2.33. The number of allylic oxidation sites excluding steroid dienone is 1. The van der Waals surface area contributed by atoms with Crippen molar-refractivity contribution in [2.45, 2.75) is 24.2 Å². The van der Waals surface area contributed by atoms with Gasteiger partial charge in [0.05, 0.1) is 22.1 Å². The Morgan fingerprint density at radius 1 is 0.717 bits per heavy atom. The molecule has 46 heavy (non-hydrogen) atoms. The number of nitrogens with two attached hydrogens (primary N) is 1. The Kier molecular flexibility index (Phi) is 4.87. The third kappa shape index (κ3) is 3.00. The molecule has 0 radical (unpaired) electrons. The predicted molar refractivity (Wildman–Crippen MR) is 189 cm³/mol. The monoisotopic (exact) mass is 589 g/mol. The summed E-state index contributed by atoms with van der Waals surface area (Å²) in [5, 5.41) is 11.2. The molecule has 3 heteroatoms. The number of nitrogen functional groups attached to an aromatic ring is 1. The Labute approximate surface area is 267 Å². The maximum absolute atomic E-state index is 8.73. The van der Waals surface area contributed by atoms with Crippen molar-refractivity contribution in [2.24, 2.45) is 5.73 Å². The maximum atomic E-state index is 8.73. The summed E-state index contributed by atoms with van der Waals surface area (Å²) in [6.45, 7) is 2.35. The minimum atomic E-state index is -0.564. The maximum Gasteiger partial charge on any atom is 0.123 e. The van der Waals surface area contributed by atoms with Crippen LogP contribution < -0.4 is 5.73 Å². The number of para-hydroxylation sites is 3. The van der Waals surface area contributed by atoms with Crippen LogP contribution in [0, 0.1) is 5.41 Å². The summed E-state index contributed by atoms with van der Waals surface area (Å²) >= 11 is 0. The van der Waals surface area contributed by atoms with E-state index >= 15 is 0 Å². The van der Waals surface area contributed by atoms with Crippen molar-refractivity contribution < 1.29 is 0 Å². The molecule has 0 fully saturated rings. The predicted octanol–water partition coefficient (Wildman–Crippen LogP) is 9.27. The lowest BCUT2D eigenvalue weighted by molar-refractivity contribution is 0.587. The number of hydrogen-bond donors (Lipinski definition) is 2. The van der Waals surface area contributed by atoms with Crippen LogP contribution in [0.1, 0.15) is 51.4 Å². The van der Waals surface area contributed by atoms with Crippen LogP contribution in [0.15, 0.2) is 133 Å². The van der Waals surface area contributed by atoms with E-state index in [1.807, 2.05) is 6.07 Å². The third-order valence-electron chi connectivity index (χ3n) is 11.0. The van der Waals surface area contributed by atoms with E-state index in [9.17, 15) is 0 Å². The second-order valence-corrected chi connectivity index (χ2v) is 13.4. The third-order valence-corrected chi connectivity index (χ3v) is 11.0. The van der Waals surface area contributed by atoms with Crippen molar-refractivity contribution in [1.82, 2.24) is 4.57 Å². The number of rotatable bonds is 2. The first-order valence-corrected chi connectivity index (χ1v) is 16.0. The molecule has 0 saturated carbocycles. The normalized spacial score (nSPS) is 20.0. The van der Waals surface area contributed by atoms with Gasteiger partial charge in [0.1, 0.15) is 5.84 Å². The summed E-state index contributed by atoms with van der Waals surface area (Å²) in [7, 11) is 0. The molecule has 1 aromatic heterocycles. The van der Waals surface area contributed by atoms with E-state index in [1.54, 1.807) is 0 Å². The van der Waals surface area contributed by atoms with Crippen molar-refractivity contribution >= 4 is 33.7 Å². The lowest BCUT2D eigenvalue weighted by atomic mass is 9.65. The minimum Gasteiger partial charge on any atom is -0.384 e. The average molecular weight is 590 g/mol. The molecule has 7 aromatic rings. The molecule has 2 atom stereocenters. The van der Waals surface area contributed by atoms with Gasteiger partial charge in [-0.3, -0.25) is 5.41 Å². The summed E-state index contributed by atoms with van der Waals surface area (Å²) in [5.41, 5.74) is 21.3. The first-order chi connectivity index (χ1) is 22.5. The fourth-order valence-corrected chi connectivity index (χ4v) is 9.02. The Morgan fingerprint density at radius 3 is 2.37 bits per heavy atom. The van der Waals surface area contributed by atoms with Crippen molar-refractivity contribution in [2.75, 3.05) is 0 Å². The molecule has 3 N–H and O–H groups in total. The van der Waals surface area contributed by atoms with E-state index in [0.29, 0.717) is 0 Å². The van der Waals surface area contributed by atoms with Crippen LogP contribution >= 0.6 is 0 Å². The van der Waals surface area contributed by atoms with E-state index in [2.05, 4.69) is 145 Å². The van der Waals surface area contributed by atoms with Gasteiger partial charge >= 0.3 is 0 Å². The SMILES string of the molecule is CC1(c2ccc3c(c2)-c2c(C(=N)N)cccc2C32c3ccccc3-n3c4ccccc4c4cccc2c43)C=Cc2ccccc2C1. The molecule has 0 amide bonds. The largest absolute Gasteiger partial charge is 0.384 e. The van der Waals surface area contributed by atoms with Crippen molar-refractivity contribution in [3.63, 3.8) is 0 Å². The standard InChI is InChI=1S/C43H31N3/c1-42(23-22-26-10-2-3-11-27(26)25-42)28-20-21-33-32(24-28)39-31(41(44)45)14-9-16-35(39)43(33)34-15-5-7-19-38(34)46-37-18-6-4-12-29(37)30-13-8-17-36(43)40(30)46/h2-24H,25H2,1H3,(H3,44,45). The highest BCUT2D eigenvalue weighted by Crippen LogP contribution is 2.62. The summed E-state index contributed by atoms with van der Waals surface area (Å²) in [6.07, 6.45) is 5.58. The molecule has 2 aliphatic carbocycles. The first-order valence-electron chi connectivity index (χ1n) is 16.0. The van der Waals surface area contributed by atoms with E-state index < -0.39 is 5.41 Å². The molecule has 0 bridgehead atoms. The Morgan fingerprint density at radius 2 is 1.46 bits per heavy atom. The fourth-order valence-electron chi connectivity index (χ4n) is 9.02. The van der Waals surface area contributed by atoms with Crippen LogP contribution in [0.5, 0.6) is 0 Å². The van der Waals surface area contributed by atoms with Crippen LogP contribution in [-0.4, -0.2) is 10.4 Å². The van der Waals surface area contributed by atoms with E-state index in [-0.39, 0.29) is 11.3 Å². The van der Waals surface area contributed by atoms with E-state index in [0.717, 1.165) is 17.5 Å². The highest BCUT2D eigenvalue weighted by atomic mass is 15.0. The zero-order valence-electron chi connectivity index (χ0n) is 25.5. The molecule has 1 spiro atoms. The highest BCUT2D eigenvalue weighted by Gasteiger charge is 2.51. The molecule has 3 aliphatic rings. The van der Waals surface area contributed by atoms with Gasteiger partial charge in [-0.25, -0.2) is 0 Å². The number of amidine groups is 1. The minimum absolute atomic E-state index is 0.0966. The first kappa shape index (κ1) is 25.6. The van der Waals surface area contributed by atoms with Gasteiger partial charge in [-0.2, -0.15) is 0 Å². The number of nitrogens with one attached hydrogen (secondary N) is 1. The quantitative estimate of drug-likeness (QED) is 0.153. The van der Waals surface area contributed by atoms with Crippen LogP contribution in [-0.2, 0) is 17.3 Å². The van der Waals surface area contributed by atoms with Gasteiger partial charge in [0, 0.05) is 21.8 Å². The van der Waals surface area contributed by atoms with Crippen molar-refractivity contribution in [1.29, 1.82) is 5.41 Å². The molecule has 1 aliphatic heterocycles.